The van der Waals surface area contributed by atoms with Crippen molar-refractivity contribution in [1.82, 2.24) is 5.32 Å². The molecule has 0 radical (unpaired) electrons. The molecule has 0 aliphatic heterocycles. The lowest BCUT2D eigenvalue weighted by molar-refractivity contribution is -0.140. The van der Waals surface area contributed by atoms with Crippen LogP contribution < -0.4 is 5.32 Å². The topological polar surface area (TPSA) is 86.6 Å². The van der Waals surface area contributed by atoms with Crippen LogP contribution in [0.1, 0.15) is 47.5 Å². The number of carboxylic acids is 1. The normalized spacial score (nSPS) is 16.9. The molecule has 1 aromatic rings. The average molecular weight is 277 g/mol. The van der Waals surface area contributed by atoms with Gasteiger partial charge in [0.2, 0.25) is 0 Å². The van der Waals surface area contributed by atoms with Gasteiger partial charge in [0, 0.05) is 5.56 Å². The number of carbonyl (C=O) groups is 2. The molecule has 5 nitrogen and oxygen atoms in total. The molecule has 3 N–H and O–H groups in total. The first-order chi connectivity index (χ1) is 9.61. The largest absolute Gasteiger partial charge is 0.480 e. The number of benzene rings is 1. The van der Waals surface area contributed by atoms with Crippen molar-refractivity contribution in [1.29, 1.82) is 0 Å². The fraction of sp³-hybridized carbons (Fsp3) is 0.467. The fourth-order valence-corrected chi connectivity index (χ4v) is 2.59. The molecule has 1 amide bonds. The van der Waals surface area contributed by atoms with Crippen molar-refractivity contribution < 1.29 is 19.8 Å². The van der Waals surface area contributed by atoms with Crippen LogP contribution in [-0.4, -0.2) is 34.7 Å². The van der Waals surface area contributed by atoms with Crippen LogP contribution >= 0.6 is 0 Å². The fourth-order valence-electron chi connectivity index (χ4n) is 2.59. The molecule has 0 bridgehead atoms. The molecular weight excluding hydrogens is 258 g/mol. The second-order valence-electron chi connectivity index (χ2n) is 5.15. The Morgan fingerprint density at radius 1 is 1.20 bits per heavy atom. The number of carbonyl (C=O) groups excluding carboxylic acids is 1. The summed E-state index contributed by atoms with van der Waals surface area (Å²) in [7, 11) is 0. The van der Waals surface area contributed by atoms with E-state index in [9.17, 15) is 9.59 Å². The zero-order valence-corrected chi connectivity index (χ0v) is 11.2. The number of amides is 1. The summed E-state index contributed by atoms with van der Waals surface area (Å²) >= 11 is 0. The number of rotatable bonds is 5. The lowest BCUT2D eigenvalue weighted by Gasteiger charge is -2.13. The zero-order chi connectivity index (χ0) is 14.5. The van der Waals surface area contributed by atoms with Gasteiger partial charge in [-0.3, -0.25) is 4.79 Å². The summed E-state index contributed by atoms with van der Waals surface area (Å²) in [5.41, 5.74) is 1.64. The van der Waals surface area contributed by atoms with Gasteiger partial charge >= 0.3 is 5.97 Å². The maximum absolute atomic E-state index is 11.9. The molecule has 0 aromatic heterocycles. The summed E-state index contributed by atoms with van der Waals surface area (Å²) in [5.74, 6) is -1.15. The molecule has 1 aliphatic carbocycles. The van der Waals surface area contributed by atoms with E-state index in [0.717, 1.165) is 0 Å². The van der Waals surface area contributed by atoms with Crippen LogP contribution in [0.4, 0.5) is 0 Å². The van der Waals surface area contributed by atoms with E-state index < -0.39 is 24.5 Å². The highest BCUT2D eigenvalue weighted by Crippen LogP contribution is 2.33. The van der Waals surface area contributed by atoms with Gasteiger partial charge in [-0.05, 0) is 36.5 Å². The van der Waals surface area contributed by atoms with E-state index in [4.69, 9.17) is 10.2 Å². The van der Waals surface area contributed by atoms with Crippen LogP contribution in [-0.2, 0) is 4.79 Å². The predicted octanol–water partition coefficient (Wildman–Crippen LogP) is 1.52. The van der Waals surface area contributed by atoms with Crippen LogP contribution in [0, 0.1) is 0 Å². The summed E-state index contributed by atoms with van der Waals surface area (Å²) in [6, 6.07) is 6.01. The van der Waals surface area contributed by atoms with Gasteiger partial charge in [0.1, 0.15) is 0 Å². The molecule has 0 saturated heterocycles. The first-order valence-corrected chi connectivity index (χ1v) is 6.86. The van der Waals surface area contributed by atoms with E-state index in [1.165, 1.54) is 31.2 Å². The van der Waals surface area contributed by atoms with Crippen molar-refractivity contribution in [2.75, 3.05) is 6.61 Å². The van der Waals surface area contributed by atoms with Gasteiger partial charge in [0.15, 0.2) is 6.04 Å². The monoisotopic (exact) mass is 277 g/mol. The van der Waals surface area contributed by atoms with Gasteiger partial charge in [-0.15, -0.1) is 0 Å². The molecule has 108 valence electrons. The predicted molar refractivity (Wildman–Crippen MR) is 73.6 cm³/mol. The van der Waals surface area contributed by atoms with E-state index >= 15 is 0 Å². The van der Waals surface area contributed by atoms with Crippen molar-refractivity contribution >= 4 is 11.9 Å². The molecule has 0 heterocycles. The molecule has 1 fully saturated rings. The maximum Gasteiger partial charge on any atom is 0.328 e. The van der Waals surface area contributed by atoms with E-state index in [-0.39, 0.29) is 0 Å². The van der Waals surface area contributed by atoms with E-state index in [0.29, 0.717) is 11.5 Å². The number of nitrogens with one attached hydrogen (secondary N) is 1. The standard InChI is InChI=1S/C15H19NO4/c17-9-13(15(19)20)16-14(18)12-7-5-11(6-8-12)10-3-1-2-4-10/h5-8,10,13,17H,1-4,9H2,(H,16,18)(H,19,20). The zero-order valence-electron chi connectivity index (χ0n) is 11.2. The minimum absolute atomic E-state index is 0.409. The van der Waals surface area contributed by atoms with E-state index in [1.54, 1.807) is 12.1 Å². The molecule has 1 saturated carbocycles. The number of aliphatic hydroxyl groups is 1. The molecule has 20 heavy (non-hydrogen) atoms. The van der Waals surface area contributed by atoms with Gasteiger partial charge in [-0.25, -0.2) is 4.79 Å². The first-order valence-electron chi connectivity index (χ1n) is 6.86. The summed E-state index contributed by atoms with van der Waals surface area (Å²) in [6.45, 7) is -0.624. The lowest BCUT2D eigenvalue weighted by atomic mass is 9.96. The van der Waals surface area contributed by atoms with Crippen molar-refractivity contribution in [2.45, 2.75) is 37.6 Å². The molecule has 0 spiro atoms. The minimum Gasteiger partial charge on any atom is -0.480 e. The van der Waals surface area contributed by atoms with Gasteiger partial charge in [0.05, 0.1) is 6.61 Å². The van der Waals surface area contributed by atoms with Gasteiger partial charge in [0.25, 0.3) is 5.91 Å². The Hall–Kier alpha value is -1.88. The Morgan fingerprint density at radius 2 is 1.80 bits per heavy atom. The Morgan fingerprint density at radius 3 is 2.30 bits per heavy atom. The third kappa shape index (κ3) is 3.36. The van der Waals surface area contributed by atoms with Crippen LogP contribution in [0.5, 0.6) is 0 Å². The highest BCUT2D eigenvalue weighted by molar-refractivity contribution is 5.96. The maximum atomic E-state index is 11.9. The number of hydrogen-bond donors (Lipinski definition) is 3. The second kappa shape index (κ2) is 6.52. The Bertz CT molecular complexity index is 477. The van der Waals surface area contributed by atoms with Crippen molar-refractivity contribution in [3.05, 3.63) is 35.4 Å². The van der Waals surface area contributed by atoms with Crippen molar-refractivity contribution in [2.24, 2.45) is 0 Å². The number of aliphatic carboxylic acids is 1. The van der Waals surface area contributed by atoms with Crippen LogP contribution in [0.15, 0.2) is 24.3 Å². The van der Waals surface area contributed by atoms with Gasteiger partial charge < -0.3 is 15.5 Å². The third-order valence-electron chi connectivity index (χ3n) is 3.79. The summed E-state index contributed by atoms with van der Waals surface area (Å²) in [5, 5.41) is 19.9. The lowest BCUT2D eigenvalue weighted by Crippen LogP contribution is -2.43. The molecule has 1 aliphatic rings. The van der Waals surface area contributed by atoms with E-state index in [1.807, 2.05) is 12.1 Å². The Kier molecular flexibility index (Phi) is 4.74. The van der Waals surface area contributed by atoms with Crippen LogP contribution in [0.25, 0.3) is 0 Å². The molecule has 1 aromatic carbocycles. The quantitative estimate of drug-likeness (QED) is 0.761. The molecular formula is C15H19NO4. The third-order valence-corrected chi connectivity index (χ3v) is 3.79. The van der Waals surface area contributed by atoms with Gasteiger partial charge in [-0.2, -0.15) is 0 Å². The molecule has 5 heteroatoms. The minimum atomic E-state index is -1.27. The summed E-state index contributed by atoms with van der Waals surface area (Å²) in [6.07, 6.45) is 4.89. The Labute approximate surface area is 117 Å². The molecule has 1 atom stereocenters. The van der Waals surface area contributed by atoms with Crippen molar-refractivity contribution in [3.8, 4) is 0 Å². The molecule has 1 unspecified atom stereocenters. The molecule has 2 rings (SSSR count). The highest BCUT2D eigenvalue weighted by atomic mass is 16.4. The second-order valence-corrected chi connectivity index (χ2v) is 5.15. The van der Waals surface area contributed by atoms with Crippen LogP contribution in [0.3, 0.4) is 0 Å². The van der Waals surface area contributed by atoms with Crippen molar-refractivity contribution in [3.63, 3.8) is 0 Å². The number of aliphatic hydroxyl groups excluding tert-OH is 1. The number of hydrogen-bond acceptors (Lipinski definition) is 3. The van der Waals surface area contributed by atoms with Crippen LogP contribution in [0.2, 0.25) is 0 Å². The van der Waals surface area contributed by atoms with E-state index in [2.05, 4.69) is 5.32 Å². The summed E-state index contributed by atoms with van der Waals surface area (Å²) in [4.78, 5) is 22.6. The summed E-state index contributed by atoms with van der Waals surface area (Å²) < 4.78 is 0. The SMILES string of the molecule is O=C(NC(CO)C(=O)O)c1ccc(C2CCCC2)cc1. The average Bonchev–Trinajstić information content (AvgIpc) is 2.98. The number of carboxylic acid groups (broad SMARTS) is 1. The van der Waals surface area contributed by atoms with Gasteiger partial charge in [-0.1, -0.05) is 25.0 Å². The Balaban J connectivity index is 2.01. The smallest absolute Gasteiger partial charge is 0.328 e. The highest BCUT2D eigenvalue weighted by Gasteiger charge is 2.20. The first kappa shape index (κ1) is 14.5.